The highest BCUT2D eigenvalue weighted by Crippen LogP contribution is 2.24. The second-order valence-electron chi connectivity index (χ2n) is 7.13. The second kappa shape index (κ2) is 8.59. The van der Waals surface area contributed by atoms with Crippen molar-refractivity contribution in [1.82, 2.24) is 4.90 Å². The fourth-order valence-electron chi connectivity index (χ4n) is 3.06. The van der Waals surface area contributed by atoms with Gasteiger partial charge in [0.2, 0.25) is 0 Å². The average Bonchev–Trinajstić information content (AvgIpc) is 3.01. The lowest BCUT2D eigenvalue weighted by molar-refractivity contribution is -0.00589. The Labute approximate surface area is 173 Å². The number of amides is 4. The number of carbonyl (C=O) groups is 2. The van der Waals surface area contributed by atoms with Crippen molar-refractivity contribution in [3.8, 4) is 5.75 Å². The lowest BCUT2D eigenvalue weighted by Crippen LogP contribution is -2.46. The van der Waals surface area contributed by atoms with Crippen molar-refractivity contribution in [3.63, 3.8) is 0 Å². The van der Waals surface area contributed by atoms with Crippen LogP contribution in [0.25, 0.3) is 0 Å². The van der Waals surface area contributed by atoms with E-state index in [0.717, 1.165) is 5.69 Å². The van der Waals surface area contributed by atoms with Crippen molar-refractivity contribution in [2.24, 2.45) is 5.73 Å². The van der Waals surface area contributed by atoms with Gasteiger partial charge in [0.15, 0.2) is 0 Å². The quantitative estimate of drug-likeness (QED) is 0.642. The van der Waals surface area contributed by atoms with Crippen LogP contribution < -0.4 is 20.7 Å². The third-order valence-electron chi connectivity index (χ3n) is 4.44. The molecular formula is C20H23ClN4O4. The van der Waals surface area contributed by atoms with Crippen LogP contribution in [0.1, 0.15) is 6.92 Å². The van der Waals surface area contributed by atoms with Crippen molar-refractivity contribution < 1.29 is 19.4 Å². The van der Waals surface area contributed by atoms with Gasteiger partial charge in [-0.25, -0.2) is 9.59 Å². The molecule has 2 aromatic carbocycles. The van der Waals surface area contributed by atoms with Gasteiger partial charge in [0.1, 0.15) is 18.0 Å². The van der Waals surface area contributed by atoms with E-state index in [9.17, 15) is 14.7 Å². The highest BCUT2D eigenvalue weighted by Gasteiger charge is 2.35. The molecule has 2 aromatic rings. The molecule has 154 valence electrons. The van der Waals surface area contributed by atoms with Crippen LogP contribution in [-0.4, -0.2) is 53.9 Å². The molecule has 0 radical (unpaired) electrons. The van der Waals surface area contributed by atoms with E-state index in [0.29, 0.717) is 29.5 Å². The van der Waals surface area contributed by atoms with Gasteiger partial charge in [-0.3, -0.25) is 4.90 Å². The fourth-order valence-corrected chi connectivity index (χ4v) is 3.19. The molecule has 0 aliphatic carbocycles. The Morgan fingerprint density at radius 2 is 1.86 bits per heavy atom. The number of rotatable bonds is 7. The largest absolute Gasteiger partial charge is 0.491 e. The summed E-state index contributed by atoms with van der Waals surface area (Å²) in [5.74, 6) is 0.524. The van der Waals surface area contributed by atoms with Crippen LogP contribution in [0.15, 0.2) is 48.5 Å². The van der Waals surface area contributed by atoms with Crippen LogP contribution in [0.5, 0.6) is 5.75 Å². The molecule has 1 saturated heterocycles. The topological polar surface area (TPSA) is 108 Å². The number of halogens is 1. The highest BCUT2D eigenvalue weighted by molar-refractivity contribution is 6.30. The van der Waals surface area contributed by atoms with Gasteiger partial charge in [-0.1, -0.05) is 11.6 Å². The van der Waals surface area contributed by atoms with Crippen molar-refractivity contribution in [2.45, 2.75) is 12.5 Å². The van der Waals surface area contributed by atoms with E-state index < -0.39 is 11.6 Å². The minimum absolute atomic E-state index is 0.000317. The molecule has 1 fully saturated rings. The predicted octanol–water partition coefficient (Wildman–Crippen LogP) is 2.90. The minimum atomic E-state index is -1.24. The minimum Gasteiger partial charge on any atom is -0.491 e. The van der Waals surface area contributed by atoms with E-state index in [1.807, 2.05) is 0 Å². The van der Waals surface area contributed by atoms with Gasteiger partial charge >= 0.3 is 12.1 Å². The van der Waals surface area contributed by atoms with Crippen LogP contribution in [0.3, 0.4) is 0 Å². The second-order valence-corrected chi connectivity index (χ2v) is 7.57. The maximum Gasteiger partial charge on any atom is 0.324 e. The number of urea groups is 2. The smallest absolute Gasteiger partial charge is 0.324 e. The number of anilines is 2. The van der Waals surface area contributed by atoms with Crippen molar-refractivity contribution >= 4 is 35.0 Å². The maximum atomic E-state index is 12.7. The summed E-state index contributed by atoms with van der Waals surface area (Å²) in [4.78, 5) is 26.8. The molecule has 1 atom stereocenters. The monoisotopic (exact) mass is 418 g/mol. The summed E-state index contributed by atoms with van der Waals surface area (Å²) in [5.41, 5.74) is 5.13. The first kappa shape index (κ1) is 20.8. The highest BCUT2D eigenvalue weighted by atomic mass is 35.5. The number of nitrogens with one attached hydrogen (secondary N) is 1. The number of hydrogen-bond acceptors (Lipinski definition) is 4. The van der Waals surface area contributed by atoms with Crippen LogP contribution in [0, 0.1) is 0 Å². The number of benzene rings is 2. The molecule has 9 heteroatoms. The predicted molar refractivity (Wildman–Crippen MR) is 112 cm³/mol. The number of aliphatic hydroxyl groups is 1. The zero-order valence-electron chi connectivity index (χ0n) is 16.0. The van der Waals surface area contributed by atoms with Gasteiger partial charge in [0.05, 0.1) is 6.54 Å². The summed E-state index contributed by atoms with van der Waals surface area (Å²) in [6, 6.07) is 12.8. The molecule has 0 aromatic heterocycles. The average molecular weight is 419 g/mol. The van der Waals surface area contributed by atoms with Gasteiger partial charge in [0.25, 0.3) is 0 Å². The summed E-state index contributed by atoms with van der Waals surface area (Å²) in [6.45, 7) is 2.79. The maximum absolute atomic E-state index is 12.7. The third kappa shape index (κ3) is 5.52. The van der Waals surface area contributed by atoms with Crippen LogP contribution in [0.4, 0.5) is 21.0 Å². The zero-order chi connectivity index (χ0) is 21.0. The number of nitrogens with two attached hydrogens (primary N) is 1. The Hall–Kier alpha value is -2.97. The lowest BCUT2D eigenvalue weighted by Gasteiger charge is -2.29. The van der Waals surface area contributed by atoms with Gasteiger partial charge < -0.3 is 25.8 Å². The van der Waals surface area contributed by atoms with Crippen molar-refractivity contribution in [3.05, 3.63) is 53.6 Å². The van der Waals surface area contributed by atoms with Gasteiger partial charge in [-0.05, 0) is 55.5 Å². The van der Waals surface area contributed by atoms with Crippen molar-refractivity contribution in [2.75, 3.05) is 36.5 Å². The lowest BCUT2D eigenvalue weighted by atomic mass is 10.1. The summed E-state index contributed by atoms with van der Waals surface area (Å²) < 4.78 is 5.64. The molecule has 4 N–H and O–H groups in total. The number of ether oxygens (including phenoxy) is 1. The summed E-state index contributed by atoms with van der Waals surface area (Å²) in [6.07, 6.45) is 0. The number of hydrogen-bond donors (Lipinski definition) is 3. The molecule has 1 heterocycles. The zero-order valence-corrected chi connectivity index (χ0v) is 16.7. The molecule has 8 nitrogen and oxygen atoms in total. The van der Waals surface area contributed by atoms with Crippen LogP contribution >= 0.6 is 11.6 Å². The van der Waals surface area contributed by atoms with Crippen molar-refractivity contribution in [1.29, 1.82) is 0 Å². The van der Waals surface area contributed by atoms with E-state index in [2.05, 4.69) is 5.32 Å². The normalized spacial score (nSPS) is 15.9. The molecule has 4 amide bonds. The molecule has 1 aliphatic heterocycles. The molecule has 3 rings (SSSR count). The summed E-state index contributed by atoms with van der Waals surface area (Å²) in [7, 11) is 0. The van der Waals surface area contributed by atoms with Gasteiger partial charge in [-0.2, -0.15) is 0 Å². The first-order valence-corrected chi connectivity index (χ1v) is 9.45. The summed E-state index contributed by atoms with van der Waals surface area (Å²) >= 11 is 5.90. The molecule has 1 aliphatic rings. The fraction of sp³-hybridized carbons (Fsp3) is 0.300. The Bertz CT molecular complexity index is 871. The molecule has 0 bridgehead atoms. The Kier molecular flexibility index (Phi) is 6.14. The van der Waals surface area contributed by atoms with Gasteiger partial charge in [0, 0.05) is 29.5 Å². The van der Waals surface area contributed by atoms with E-state index in [1.165, 1.54) is 0 Å². The van der Waals surface area contributed by atoms with E-state index in [1.54, 1.807) is 65.3 Å². The van der Waals surface area contributed by atoms with E-state index >= 15 is 0 Å². The third-order valence-corrected chi connectivity index (χ3v) is 4.69. The summed E-state index contributed by atoms with van der Waals surface area (Å²) in [5, 5.41) is 13.8. The number of carbonyl (C=O) groups excluding carboxylic acids is 2. The Morgan fingerprint density at radius 1 is 1.21 bits per heavy atom. The SMILES string of the molecule is C[C@](O)(COc1ccc(NC(N)=O)cc1)CN1CCN(c2ccc(Cl)cc2)C1=O. The Morgan fingerprint density at radius 3 is 2.48 bits per heavy atom. The van der Waals surface area contributed by atoms with Gasteiger partial charge in [-0.15, -0.1) is 0 Å². The Balaban J connectivity index is 1.54. The first-order chi connectivity index (χ1) is 13.7. The van der Waals surface area contributed by atoms with Crippen LogP contribution in [-0.2, 0) is 0 Å². The van der Waals surface area contributed by atoms with E-state index in [-0.39, 0.29) is 19.2 Å². The number of nitrogens with zero attached hydrogens (tertiary/aromatic N) is 2. The molecule has 0 spiro atoms. The molecule has 0 unspecified atom stereocenters. The van der Waals surface area contributed by atoms with E-state index in [4.69, 9.17) is 22.1 Å². The number of β-amino-alcohol motifs (C(OH)–C–C–N with tert-alkyl or cyclic N) is 1. The number of primary amides is 1. The molecular weight excluding hydrogens is 396 g/mol. The molecule has 0 saturated carbocycles. The standard InChI is InChI=1S/C20H23ClN4O4/c1-20(28,13-29-17-8-4-15(5-9-17)23-18(22)26)12-24-10-11-25(19(24)27)16-6-2-14(21)3-7-16/h2-9,28H,10-13H2,1H3,(H3,22,23,26)/t20-/m1/s1. The first-order valence-electron chi connectivity index (χ1n) is 9.07. The van der Waals surface area contributed by atoms with Crippen LogP contribution in [0.2, 0.25) is 5.02 Å². The molecule has 29 heavy (non-hydrogen) atoms.